The highest BCUT2D eigenvalue weighted by Gasteiger charge is 2.35. The topological polar surface area (TPSA) is 19.6 Å². The van der Waals surface area contributed by atoms with Gasteiger partial charge in [0.15, 0.2) is 0 Å². The van der Waals surface area contributed by atoms with Crippen LogP contribution >= 0.6 is 0 Å². The minimum Gasteiger partial charge on any atom is -0.456 e. The van der Waals surface area contributed by atoms with Crippen molar-refractivity contribution in [1.29, 1.82) is 0 Å². The van der Waals surface area contributed by atoms with Gasteiger partial charge in [0.1, 0.15) is 11.2 Å². The van der Waals surface area contributed by atoms with Crippen LogP contribution in [0.3, 0.4) is 0 Å². The zero-order valence-corrected chi connectivity index (χ0v) is 24.3. The van der Waals surface area contributed by atoms with Crippen LogP contribution in [0.1, 0.15) is 26.3 Å². The number of nitrogens with zero attached hydrogens (tertiary/aromatic N) is 2. The molecule has 0 atom stereocenters. The van der Waals surface area contributed by atoms with Gasteiger partial charge in [-0.05, 0) is 98.3 Å². The van der Waals surface area contributed by atoms with Crippen LogP contribution in [0.25, 0.3) is 43.8 Å². The number of benzene rings is 6. The highest BCUT2D eigenvalue weighted by Crippen LogP contribution is 2.55. The van der Waals surface area contributed by atoms with Crippen molar-refractivity contribution in [3.05, 3.63) is 127 Å². The Hall–Kier alpha value is -5.02. The summed E-state index contributed by atoms with van der Waals surface area (Å²) in [6, 6.07) is 43.8. The molecular formula is C39H32N2O. The van der Waals surface area contributed by atoms with Crippen molar-refractivity contribution in [2.45, 2.75) is 33.2 Å². The number of para-hydroxylation sites is 3. The molecule has 0 N–H and O–H groups in total. The molecule has 3 heteroatoms. The van der Waals surface area contributed by atoms with E-state index in [0.29, 0.717) is 0 Å². The van der Waals surface area contributed by atoms with E-state index in [9.17, 15) is 0 Å². The second-order valence-corrected chi connectivity index (χ2v) is 12.3. The largest absolute Gasteiger partial charge is 0.456 e. The third-order valence-electron chi connectivity index (χ3n) is 8.48. The molecule has 42 heavy (non-hydrogen) atoms. The first kappa shape index (κ1) is 24.8. The molecule has 7 aromatic rings. The summed E-state index contributed by atoms with van der Waals surface area (Å²) in [6.45, 7) is 9.04. The molecule has 2 heterocycles. The molecule has 204 valence electrons. The van der Waals surface area contributed by atoms with Gasteiger partial charge in [0.25, 0.3) is 0 Å². The molecule has 8 rings (SSSR count). The summed E-state index contributed by atoms with van der Waals surface area (Å²) < 4.78 is 6.13. The molecule has 0 aliphatic carbocycles. The van der Waals surface area contributed by atoms with Crippen LogP contribution in [0.5, 0.6) is 0 Å². The molecule has 0 amide bonds. The van der Waals surface area contributed by atoms with Crippen LogP contribution in [0.2, 0.25) is 0 Å². The van der Waals surface area contributed by atoms with Gasteiger partial charge in [-0.25, -0.2) is 0 Å². The van der Waals surface area contributed by atoms with E-state index < -0.39 is 0 Å². The van der Waals surface area contributed by atoms with E-state index in [0.717, 1.165) is 21.9 Å². The number of hydrogen-bond donors (Lipinski definition) is 0. The van der Waals surface area contributed by atoms with E-state index in [4.69, 9.17) is 4.42 Å². The first-order chi connectivity index (χ1) is 20.4. The second-order valence-electron chi connectivity index (χ2n) is 12.3. The molecule has 1 aliphatic heterocycles. The number of aryl methyl sites for hydroxylation is 1. The van der Waals surface area contributed by atoms with Crippen LogP contribution in [-0.4, -0.2) is 5.54 Å². The number of hydrogen-bond acceptors (Lipinski definition) is 3. The van der Waals surface area contributed by atoms with Crippen molar-refractivity contribution >= 4 is 61.1 Å². The Bertz CT molecular complexity index is 2160. The standard InChI is InChI=1S/C39H32N2O/c1-25-17-20-34-36(23-25)41(39(2,3)4)35-15-9-8-14-33(35)40(34)32-21-19-27(28-11-5-6-12-29(28)32)26-18-22-38-31(24-26)30-13-7-10-16-37(30)42-38/h5-24H,1-4H3. The summed E-state index contributed by atoms with van der Waals surface area (Å²) in [5.74, 6) is 0. The van der Waals surface area contributed by atoms with E-state index >= 15 is 0 Å². The predicted molar refractivity (Wildman–Crippen MR) is 178 cm³/mol. The first-order valence-electron chi connectivity index (χ1n) is 14.6. The number of fused-ring (bicyclic) bond motifs is 6. The van der Waals surface area contributed by atoms with Crippen molar-refractivity contribution < 1.29 is 4.42 Å². The van der Waals surface area contributed by atoms with Crippen LogP contribution in [0.15, 0.2) is 126 Å². The lowest BCUT2D eigenvalue weighted by Crippen LogP contribution is -2.41. The number of anilines is 5. The van der Waals surface area contributed by atoms with E-state index in [-0.39, 0.29) is 5.54 Å². The minimum atomic E-state index is -0.0907. The fraction of sp³-hybridized carbons (Fsp3) is 0.128. The third-order valence-corrected chi connectivity index (χ3v) is 8.48. The lowest BCUT2D eigenvalue weighted by molar-refractivity contribution is 0.558. The van der Waals surface area contributed by atoms with E-state index in [1.54, 1.807) is 0 Å². The van der Waals surface area contributed by atoms with Crippen molar-refractivity contribution in [1.82, 2.24) is 0 Å². The Morgan fingerprint density at radius 2 is 1.14 bits per heavy atom. The van der Waals surface area contributed by atoms with Crippen LogP contribution in [-0.2, 0) is 0 Å². The lowest BCUT2D eigenvalue weighted by Gasteiger charge is -2.46. The smallest absolute Gasteiger partial charge is 0.135 e. The van der Waals surface area contributed by atoms with Crippen molar-refractivity contribution in [3.8, 4) is 11.1 Å². The molecule has 1 aliphatic rings. The molecule has 1 aromatic heterocycles. The first-order valence-corrected chi connectivity index (χ1v) is 14.6. The molecule has 0 fully saturated rings. The Morgan fingerprint density at radius 3 is 1.95 bits per heavy atom. The predicted octanol–water partition coefficient (Wildman–Crippen LogP) is 11.4. The third kappa shape index (κ3) is 3.66. The molecule has 0 unspecified atom stereocenters. The molecule has 0 saturated heterocycles. The Balaban J connectivity index is 1.37. The van der Waals surface area contributed by atoms with E-state index in [2.05, 4.69) is 147 Å². The fourth-order valence-corrected chi connectivity index (χ4v) is 6.71. The maximum Gasteiger partial charge on any atom is 0.135 e. The zero-order chi connectivity index (χ0) is 28.6. The number of rotatable bonds is 2. The van der Waals surface area contributed by atoms with Crippen LogP contribution < -0.4 is 9.80 Å². The van der Waals surface area contributed by atoms with Gasteiger partial charge in [-0.1, -0.05) is 72.8 Å². The molecule has 0 spiro atoms. The van der Waals surface area contributed by atoms with Crippen molar-refractivity contribution in [3.63, 3.8) is 0 Å². The SMILES string of the molecule is Cc1ccc2c(c1)N(C(C)(C)C)c1ccccc1N2c1ccc(-c2ccc3oc4ccccc4c3c2)c2ccccc12. The van der Waals surface area contributed by atoms with Gasteiger partial charge in [-0.3, -0.25) is 0 Å². The lowest BCUT2D eigenvalue weighted by atomic mass is 9.93. The van der Waals surface area contributed by atoms with Gasteiger partial charge in [0.05, 0.1) is 28.4 Å². The monoisotopic (exact) mass is 544 g/mol. The van der Waals surface area contributed by atoms with Gasteiger partial charge in [0.2, 0.25) is 0 Å². The van der Waals surface area contributed by atoms with Crippen LogP contribution in [0, 0.1) is 6.92 Å². The Kier molecular flexibility index (Phi) is 5.30. The average molecular weight is 545 g/mol. The van der Waals surface area contributed by atoms with E-state index in [1.165, 1.54) is 55.9 Å². The average Bonchev–Trinajstić information content (AvgIpc) is 3.37. The summed E-state index contributed by atoms with van der Waals surface area (Å²) in [5, 5.41) is 4.74. The highest BCUT2D eigenvalue weighted by atomic mass is 16.3. The summed E-state index contributed by atoms with van der Waals surface area (Å²) in [6.07, 6.45) is 0. The minimum absolute atomic E-state index is 0.0907. The Morgan fingerprint density at radius 1 is 0.500 bits per heavy atom. The summed E-state index contributed by atoms with van der Waals surface area (Å²) in [4.78, 5) is 4.94. The maximum absolute atomic E-state index is 6.13. The van der Waals surface area contributed by atoms with Gasteiger partial charge in [0, 0.05) is 21.7 Å². The van der Waals surface area contributed by atoms with Crippen molar-refractivity contribution in [2.75, 3.05) is 9.80 Å². The molecular weight excluding hydrogens is 512 g/mol. The summed E-state index contributed by atoms with van der Waals surface area (Å²) >= 11 is 0. The zero-order valence-electron chi connectivity index (χ0n) is 24.3. The fourth-order valence-electron chi connectivity index (χ4n) is 6.71. The quantitative estimate of drug-likeness (QED) is 0.216. The molecule has 3 nitrogen and oxygen atoms in total. The molecule has 0 bridgehead atoms. The van der Waals surface area contributed by atoms with Gasteiger partial charge < -0.3 is 14.2 Å². The van der Waals surface area contributed by atoms with Crippen LogP contribution in [0.4, 0.5) is 28.4 Å². The van der Waals surface area contributed by atoms with E-state index in [1.807, 2.05) is 12.1 Å². The summed E-state index contributed by atoms with van der Waals surface area (Å²) in [7, 11) is 0. The molecule has 0 saturated carbocycles. The van der Waals surface area contributed by atoms with Gasteiger partial charge >= 0.3 is 0 Å². The number of furan rings is 1. The molecule has 6 aromatic carbocycles. The van der Waals surface area contributed by atoms with Crippen molar-refractivity contribution in [2.24, 2.45) is 0 Å². The second kappa shape index (κ2) is 8.99. The van der Waals surface area contributed by atoms with Gasteiger partial charge in [-0.15, -0.1) is 0 Å². The van der Waals surface area contributed by atoms with Gasteiger partial charge in [-0.2, -0.15) is 0 Å². The normalized spacial score (nSPS) is 13.1. The summed E-state index contributed by atoms with van der Waals surface area (Å²) in [5.41, 5.74) is 11.4. The molecule has 0 radical (unpaired) electrons. The highest BCUT2D eigenvalue weighted by molar-refractivity contribution is 6.11. The maximum atomic E-state index is 6.13. The Labute approximate surface area is 246 Å².